The summed E-state index contributed by atoms with van der Waals surface area (Å²) in [6.07, 6.45) is 0.825. The molecule has 2 rings (SSSR count). The SMILES string of the molecule is CNC(C)Cc1nc2ccccc2o1. The second kappa shape index (κ2) is 3.80. The van der Waals surface area contributed by atoms with Crippen LogP contribution in [0.5, 0.6) is 0 Å². The minimum absolute atomic E-state index is 0.392. The van der Waals surface area contributed by atoms with Crippen molar-refractivity contribution >= 4 is 11.1 Å². The predicted octanol–water partition coefficient (Wildman–Crippen LogP) is 1.98. The van der Waals surface area contributed by atoms with Crippen LogP contribution in [0.1, 0.15) is 12.8 Å². The largest absolute Gasteiger partial charge is 0.441 e. The first-order valence-corrected chi connectivity index (χ1v) is 4.81. The smallest absolute Gasteiger partial charge is 0.197 e. The van der Waals surface area contributed by atoms with Gasteiger partial charge in [0.2, 0.25) is 0 Å². The molecule has 0 spiro atoms. The molecule has 0 aliphatic carbocycles. The maximum atomic E-state index is 5.59. The van der Waals surface area contributed by atoms with Gasteiger partial charge >= 0.3 is 0 Å². The normalized spacial score (nSPS) is 13.3. The number of nitrogens with one attached hydrogen (secondary N) is 1. The molecule has 1 aromatic heterocycles. The van der Waals surface area contributed by atoms with Crippen LogP contribution in [-0.4, -0.2) is 18.1 Å². The Morgan fingerprint density at radius 1 is 1.43 bits per heavy atom. The lowest BCUT2D eigenvalue weighted by Crippen LogP contribution is -2.23. The molecule has 0 fully saturated rings. The van der Waals surface area contributed by atoms with Crippen LogP contribution in [0.2, 0.25) is 0 Å². The van der Waals surface area contributed by atoms with Crippen LogP contribution >= 0.6 is 0 Å². The average molecular weight is 190 g/mol. The van der Waals surface area contributed by atoms with Crippen LogP contribution in [0.3, 0.4) is 0 Å². The minimum atomic E-state index is 0.392. The number of oxazole rings is 1. The molecular weight excluding hydrogens is 176 g/mol. The summed E-state index contributed by atoms with van der Waals surface area (Å²) < 4.78 is 5.59. The molecule has 0 saturated carbocycles. The van der Waals surface area contributed by atoms with E-state index in [0.717, 1.165) is 23.4 Å². The molecule has 0 radical (unpaired) electrons. The van der Waals surface area contributed by atoms with E-state index in [-0.39, 0.29) is 0 Å². The zero-order chi connectivity index (χ0) is 9.97. The Kier molecular flexibility index (Phi) is 2.50. The fourth-order valence-electron chi connectivity index (χ4n) is 1.37. The summed E-state index contributed by atoms with van der Waals surface area (Å²) in [5.41, 5.74) is 1.80. The van der Waals surface area contributed by atoms with Gasteiger partial charge < -0.3 is 9.73 Å². The third kappa shape index (κ3) is 1.77. The molecule has 1 N–H and O–H groups in total. The van der Waals surface area contributed by atoms with Crippen LogP contribution in [0.4, 0.5) is 0 Å². The van der Waals surface area contributed by atoms with Crippen molar-refractivity contribution in [1.82, 2.24) is 10.3 Å². The van der Waals surface area contributed by atoms with E-state index in [2.05, 4.69) is 17.2 Å². The van der Waals surface area contributed by atoms with Gasteiger partial charge in [0.05, 0.1) is 0 Å². The number of fused-ring (bicyclic) bond motifs is 1. The third-order valence-electron chi connectivity index (χ3n) is 2.31. The van der Waals surface area contributed by atoms with Crippen LogP contribution in [0.25, 0.3) is 11.1 Å². The van der Waals surface area contributed by atoms with E-state index in [1.54, 1.807) is 0 Å². The van der Waals surface area contributed by atoms with Crippen molar-refractivity contribution in [1.29, 1.82) is 0 Å². The van der Waals surface area contributed by atoms with Gasteiger partial charge in [-0.2, -0.15) is 0 Å². The quantitative estimate of drug-likeness (QED) is 0.804. The molecular formula is C11H14N2O. The van der Waals surface area contributed by atoms with Crippen LogP contribution in [-0.2, 0) is 6.42 Å². The third-order valence-corrected chi connectivity index (χ3v) is 2.31. The molecule has 3 heteroatoms. The molecule has 0 saturated heterocycles. The fourth-order valence-corrected chi connectivity index (χ4v) is 1.37. The zero-order valence-corrected chi connectivity index (χ0v) is 8.45. The predicted molar refractivity (Wildman–Crippen MR) is 56.2 cm³/mol. The summed E-state index contributed by atoms with van der Waals surface area (Å²) in [5.74, 6) is 0.799. The van der Waals surface area contributed by atoms with Crippen molar-refractivity contribution < 1.29 is 4.42 Å². The van der Waals surface area contributed by atoms with Gasteiger partial charge in [-0.25, -0.2) is 4.98 Å². The Morgan fingerprint density at radius 3 is 2.93 bits per heavy atom. The van der Waals surface area contributed by atoms with Gasteiger partial charge in [0.1, 0.15) is 5.52 Å². The Hall–Kier alpha value is -1.35. The van der Waals surface area contributed by atoms with E-state index in [1.807, 2.05) is 31.3 Å². The number of rotatable bonds is 3. The van der Waals surface area contributed by atoms with E-state index < -0.39 is 0 Å². The van der Waals surface area contributed by atoms with E-state index in [0.29, 0.717) is 6.04 Å². The van der Waals surface area contributed by atoms with Crippen molar-refractivity contribution in [3.63, 3.8) is 0 Å². The molecule has 0 aliphatic heterocycles. The molecule has 0 bridgehead atoms. The molecule has 14 heavy (non-hydrogen) atoms. The maximum Gasteiger partial charge on any atom is 0.197 e. The van der Waals surface area contributed by atoms with Crippen LogP contribution in [0, 0.1) is 0 Å². The monoisotopic (exact) mass is 190 g/mol. The molecule has 74 valence electrons. The Labute approximate surface area is 83.1 Å². The number of nitrogens with zero attached hydrogens (tertiary/aromatic N) is 1. The summed E-state index contributed by atoms with van der Waals surface area (Å²) in [6, 6.07) is 8.22. The summed E-state index contributed by atoms with van der Waals surface area (Å²) in [5, 5.41) is 3.16. The highest BCUT2D eigenvalue weighted by atomic mass is 16.3. The Balaban J connectivity index is 2.27. The molecule has 2 aromatic rings. The van der Waals surface area contributed by atoms with Crippen LogP contribution < -0.4 is 5.32 Å². The van der Waals surface area contributed by atoms with Crippen molar-refractivity contribution in [2.75, 3.05) is 7.05 Å². The summed E-state index contributed by atoms with van der Waals surface area (Å²) in [7, 11) is 1.94. The first kappa shape index (κ1) is 9.21. The van der Waals surface area contributed by atoms with Gasteiger partial charge in [0.15, 0.2) is 11.5 Å². The van der Waals surface area contributed by atoms with Crippen molar-refractivity contribution in [3.8, 4) is 0 Å². The van der Waals surface area contributed by atoms with Gasteiger partial charge in [-0.15, -0.1) is 0 Å². The lowest BCUT2D eigenvalue weighted by molar-refractivity contribution is 0.481. The summed E-state index contributed by atoms with van der Waals surface area (Å²) in [4.78, 5) is 4.39. The highest BCUT2D eigenvalue weighted by molar-refractivity contribution is 5.72. The van der Waals surface area contributed by atoms with Crippen molar-refractivity contribution in [2.24, 2.45) is 0 Å². The second-order valence-electron chi connectivity index (χ2n) is 3.47. The maximum absolute atomic E-state index is 5.59. The Bertz CT molecular complexity index is 389. The molecule has 1 aromatic carbocycles. The zero-order valence-electron chi connectivity index (χ0n) is 8.45. The van der Waals surface area contributed by atoms with Gasteiger partial charge in [0.25, 0.3) is 0 Å². The van der Waals surface area contributed by atoms with E-state index >= 15 is 0 Å². The summed E-state index contributed by atoms with van der Waals surface area (Å²) >= 11 is 0. The van der Waals surface area contributed by atoms with Crippen molar-refractivity contribution in [2.45, 2.75) is 19.4 Å². The van der Waals surface area contributed by atoms with Gasteiger partial charge in [-0.1, -0.05) is 12.1 Å². The molecule has 0 aliphatic rings. The van der Waals surface area contributed by atoms with Gasteiger partial charge in [-0.3, -0.25) is 0 Å². The fraction of sp³-hybridized carbons (Fsp3) is 0.364. The van der Waals surface area contributed by atoms with E-state index in [4.69, 9.17) is 4.42 Å². The van der Waals surface area contributed by atoms with E-state index in [9.17, 15) is 0 Å². The molecule has 3 nitrogen and oxygen atoms in total. The van der Waals surface area contributed by atoms with Crippen LogP contribution in [0.15, 0.2) is 28.7 Å². The van der Waals surface area contributed by atoms with Crippen molar-refractivity contribution in [3.05, 3.63) is 30.2 Å². The number of para-hydroxylation sites is 2. The number of benzene rings is 1. The molecule has 0 amide bonds. The number of hydrogen-bond donors (Lipinski definition) is 1. The summed E-state index contributed by atoms with van der Waals surface area (Å²) in [6.45, 7) is 2.11. The minimum Gasteiger partial charge on any atom is -0.441 e. The lowest BCUT2D eigenvalue weighted by Gasteiger charge is -2.05. The molecule has 1 heterocycles. The number of aromatic nitrogens is 1. The Morgan fingerprint density at radius 2 is 2.21 bits per heavy atom. The van der Waals surface area contributed by atoms with E-state index in [1.165, 1.54) is 0 Å². The first-order valence-electron chi connectivity index (χ1n) is 4.81. The first-order chi connectivity index (χ1) is 6.79. The molecule has 1 atom stereocenters. The average Bonchev–Trinajstić information content (AvgIpc) is 2.59. The molecule has 1 unspecified atom stereocenters. The second-order valence-corrected chi connectivity index (χ2v) is 3.47. The highest BCUT2D eigenvalue weighted by Crippen LogP contribution is 2.15. The van der Waals surface area contributed by atoms with Gasteiger partial charge in [-0.05, 0) is 26.1 Å². The van der Waals surface area contributed by atoms with Gasteiger partial charge in [0, 0.05) is 12.5 Å². The number of hydrogen-bond acceptors (Lipinski definition) is 3. The number of likely N-dealkylation sites (N-methyl/N-ethyl adjacent to an activating group) is 1. The highest BCUT2D eigenvalue weighted by Gasteiger charge is 2.07. The lowest BCUT2D eigenvalue weighted by atomic mass is 10.2. The topological polar surface area (TPSA) is 38.1 Å². The standard InChI is InChI=1S/C11H14N2O/c1-8(12-2)7-11-13-9-5-3-4-6-10(9)14-11/h3-6,8,12H,7H2,1-2H3.